The number of hydrogen-bond acceptors (Lipinski definition) is 3. The van der Waals surface area contributed by atoms with E-state index in [9.17, 15) is 13.5 Å². The van der Waals surface area contributed by atoms with Gasteiger partial charge in [-0.1, -0.05) is 25.3 Å². The third-order valence-corrected chi connectivity index (χ3v) is 5.38. The van der Waals surface area contributed by atoms with Gasteiger partial charge in [0, 0.05) is 6.04 Å². The molecular formula is C14H21NO3S. The molecule has 0 radical (unpaired) electrons. The molecule has 1 saturated carbocycles. The topological polar surface area (TPSA) is 66.4 Å². The highest BCUT2D eigenvalue weighted by molar-refractivity contribution is 7.89. The molecule has 0 aliphatic heterocycles. The predicted octanol–water partition coefficient (Wildman–Crippen LogP) is 2.64. The highest BCUT2D eigenvalue weighted by Gasteiger charge is 2.25. The zero-order valence-electron chi connectivity index (χ0n) is 11.2. The second kappa shape index (κ2) is 5.92. The van der Waals surface area contributed by atoms with Crippen LogP contribution in [-0.4, -0.2) is 19.6 Å². The van der Waals surface area contributed by atoms with E-state index in [1.54, 1.807) is 0 Å². The Bertz CT molecular complexity index is 521. The minimum atomic E-state index is -3.54. The summed E-state index contributed by atoms with van der Waals surface area (Å²) in [6, 6.07) is 5.71. The standard InChI is InChI=1S/C14H21NO3S/c1-11(12-6-3-2-4-7-12)15-19(17,18)14-9-5-8-13(16)10-14/h5,8-12,15-16H,2-4,6-7H2,1H3. The van der Waals surface area contributed by atoms with Gasteiger partial charge in [-0.05, 0) is 43.9 Å². The molecule has 2 rings (SSSR count). The fraction of sp³-hybridized carbons (Fsp3) is 0.571. The van der Waals surface area contributed by atoms with E-state index in [1.807, 2.05) is 6.92 Å². The highest BCUT2D eigenvalue weighted by atomic mass is 32.2. The first-order valence-electron chi connectivity index (χ1n) is 6.80. The smallest absolute Gasteiger partial charge is 0.240 e. The van der Waals surface area contributed by atoms with Crippen LogP contribution in [0.15, 0.2) is 29.2 Å². The normalized spacial score (nSPS) is 19.2. The van der Waals surface area contributed by atoms with Crippen molar-refractivity contribution in [2.75, 3.05) is 0 Å². The monoisotopic (exact) mass is 283 g/mol. The summed E-state index contributed by atoms with van der Waals surface area (Å²) in [5, 5.41) is 9.37. The van der Waals surface area contributed by atoms with Gasteiger partial charge in [-0.3, -0.25) is 0 Å². The fourth-order valence-corrected chi connectivity index (χ4v) is 4.05. The molecule has 1 unspecified atom stereocenters. The Balaban J connectivity index is 2.08. The van der Waals surface area contributed by atoms with E-state index < -0.39 is 10.0 Å². The van der Waals surface area contributed by atoms with Crippen LogP contribution in [0.4, 0.5) is 0 Å². The summed E-state index contributed by atoms with van der Waals surface area (Å²) in [5.41, 5.74) is 0. The summed E-state index contributed by atoms with van der Waals surface area (Å²) < 4.78 is 27.2. The first kappa shape index (κ1) is 14.3. The first-order chi connectivity index (χ1) is 8.99. The van der Waals surface area contributed by atoms with Gasteiger partial charge in [0.15, 0.2) is 0 Å². The molecule has 0 heterocycles. The molecule has 1 atom stereocenters. The Morgan fingerprint density at radius 1 is 1.26 bits per heavy atom. The molecule has 1 aliphatic rings. The lowest BCUT2D eigenvalue weighted by atomic mass is 9.85. The minimum Gasteiger partial charge on any atom is -0.508 e. The minimum absolute atomic E-state index is 0.0341. The van der Waals surface area contributed by atoms with Crippen LogP contribution in [0.5, 0.6) is 5.75 Å². The van der Waals surface area contributed by atoms with Crippen molar-refractivity contribution in [1.29, 1.82) is 0 Å². The second-order valence-corrected chi connectivity index (χ2v) is 7.02. The van der Waals surface area contributed by atoms with Crippen LogP contribution in [0.3, 0.4) is 0 Å². The van der Waals surface area contributed by atoms with Crippen molar-refractivity contribution in [3.05, 3.63) is 24.3 Å². The average Bonchev–Trinajstić information content (AvgIpc) is 2.39. The van der Waals surface area contributed by atoms with E-state index in [0.717, 1.165) is 12.8 Å². The van der Waals surface area contributed by atoms with Gasteiger partial charge in [0.25, 0.3) is 0 Å². The van der Waals surface area contributed by atoms with Crippen molar-refractivity contribution < 1.29 is 13.5 Å². The summed E-state index contributed by atoms with van der Waals surface area (Å²) >= 11 is 0. The summed E-state index contributed by atoms with van der Waals surface area (Å²) in [5.74, 6) is 0.383. The molecular weight excluding hydrogens is 262 g/mol. The van der Waals surface area contributed by atoms with Gasteiger partial charge in [0.05, 0.1) is 4.90 Å². The Hall–Kier alpha value is -1.07. The Labute approximate surface area is 114 Å². The number of aromatic hydroxyl groups is 1. The van der Waals surface area contributed by atoms with E-state index in [4.69, 9.17) is 0 Å². The molecule has 0 saturated heterocycles. The van der Waals surface area contributed by atoms with Gasteiger partial charge in [-0.15, -0.1) is 0 Å². The van der Waals surface area contributed by atoms with Crippen LogP contribution < -0.4 is 4.72 Å². The Morgan fingerprint density at radius 2 is 1.95 bits per heavy atom. The molecule has 0 aromatic heterocycles. The molecule has 0 spiro atoms. The second-order valence-electron chi connectivity index (χ2n) is 5.31. The van der Waals surface area contributed by atoms with E-state index in [0.29, 0.717) is 5.92 Å². The van der Waals surface area contributed by atoms with E-state index >= 15 is 0 Å². The van der Waals surface area contributed by atoms with Gasteiger partial charge >= 0.3 is 0 Å². The van der Waals surface area contributed by atoms with Gasteiger partial charge in [-0.2, -0.15) is 0 Å². The van der Waals surface area contributed by atoms with Crippen LogP contribution in [-0.2, 0) is 10.0 Å². The number of benzene rings is 1. The first-order valence-corrected chi connectivity index (χ1v) is 8.29. The lowest BCUT2D eigenvalue weighted by Gasteiger charge is -2.28. The van der Waals surface area contributed by atoms with Gasteiger partial charge in [0.1, 0.15) is 5.75 Å². The molecule has 1 aromatic carbocycles. The SMILES string of the molecule is CC(NS(=O)(=O)c1cccc(O)c1)C1CCCCC1. The molecule has 2 N–H and O–H groups in total. The van der Waals surface area contributed by atoms with Crippen LogP contribution in [0.25, 0.3) is 0 Å². The Kier molecular flexibility index (Phi) is 4.47. The van der Waals surface area contributed by atoms with Crippen molar-refractivity contribution in [3.8, 4) is 5.75 Å². The summed E-state index contributed by atoms with van der Waals surface area (Å²) in [7, 11) is -3.54. The van der Waals surface area contributed by atoms with Crippen molar-refractivity contribution >= 4 is 10.0 Å². The van der Waals surface area contributed by atoms with Crippen molar-refractivity contribution in [1.82, 2.24) is 4.72 Å². The quantitative estimate of drug-likeness (QED) is 0.892. The maximum Gasteiger partial charge on any atom is 0.240 e. The summed E-state index contributed by atoms with van der Waals surface area (Å²) in [6.07, 6.45) is 5.79. The van der Waals surface area contributed by atoms with Crippen molar-refractivity contribution in [2.45, 2.75) is 50.0 Å². The molecule has 4 nitrogen and oxygen atoms in total. The van der Waals surface area contributed by atoms with Crippen LogP contribution >= 0.6 is 0 Å². The molecule has 1 aromatic rings. The van der Waals surface area contributed by atoms with Crippen LogP contribution in [0.1, 0.15) is 39.0 Å². The van der Waals surface area contributed by atoms with E-state index in [1.165, 1.54) is 43.5 Å². The number of phenolic OH excluding ortho intramolecular Hbond substituents is 1. The third-order valence-electron chi connectivity index (χ3n) is 3.83. The molecule has 106 valence electrons. The average molecular weight is 283 g/mol. The van der Waals surface area contributed by atoms with Gasteiger partial charge in [0.2, 0.25) is 10.0 Å². The zero-order valence-corrected chi connectivity index (χ0v) is 12.0. The van der Waals surface area contributed by atoms with Gasteiger partial charge < -0.3 is 5.11 Å². The Morgan fingerprint density at radius 3 is 2.58 bits per heavy atom. The zero-order chi connectivity index (χ0) is 13.9. The third kappa shape index (κ3) is 3.70. The van der Waals surface area contributed by atoms with Crippen LogP contribution in [0.2, 0.25) is 0 Å². The van der Waals surface area contributed by atoms with Gasteiger partial charge in [-0.25, -0.2) is 13.1 Å². The summed E-state index contributed by atoms with van der Waals surface area (Å²) in [6.45, 7) is 1.93. The highest BCUT2D eigenvalue weighted by Crippen LogP contribution is 2.27. The maximum atomic E-state index is 12.2. The molecule has 19 heavy (non-hydrogen) atoms. The molecule has 0 amide bonds. The number of hydrogen-bond donors (Lipinski definition) is 2. The molecule has 0 bridgehead atoms. The molecule has 1 aliphatic carbocycles. The molecule has 1 fully saturated rings. The predicted molar refractivity (Wildman–Crippen MR) is 74.5 cm³/mol. The summed E-state index contributed by atoms with van der Waals surface area (Å²) in [4.78, 5) is 0.121. The molecule has 5 heteroatoms. The van der Waals surface area contributed by atoms with Crippen molar-refractivity contribution in [3.63, 3.8) is 0 Å². The van der Waals surface area contributed by atoms with Crippen molar-refractivity contribution in [2.24, 2.45) is 5.92 Å². The maximum absolute atomic E-state index is 12.2. The largest absolute Gasteiger partial charge is 0.508 e. The number of rotatable bonds is 4. The number of sulfonamides is 1. The lowest BCUT2D eigenvalue weighted by Crippen LogP contribution is -2.38. The van der Waals surface area contributed by atoms with E-state index in [2.05, 4.69) is 4.72 Å². The lowest BCUT2D eigenvalue weighted by molar-refractivity contribution is 0.303. The van der Waals surface area contributed by atoms with E-state index in [-0.39, 0.29) is 16.7 Å². The van der Waals surface area contributed by atoms with Crippen LogP contribution in [0, 0.1) is 5.92 Å². The fourth-order valence-electron chi connectivity index (χ4n) is 2.69. The number of phenols is 1. The number of nitrogens with one attached hydrogen (secondary N) is 1.